The Morgan fingerprint density at radius 3 is 3.06 bits per heavy atom. The lowest BCUT2D eigenvalue weighted by Gasteiger charge is -2.32. The smallest absolute Gasteiger partial charge is 0.264 e. The molecule has 1 aromatic heterocycles. The van der Waals surface area contributed by atoms with E-state index in [9.17, 15) is 4.79 Å². The fourth-order valence-electron chi connectivity index (χ4n) is 2.48. The minimum absolute atomic E-state index is 0.0750. The lowest BCUT2D eigenvalue weighted by Crippen LogP contribution is -2.37. The van der Waals surface area contributed by atoms with Gasteiger partial charge >= 0.3 is 0 Å². The van der Waals surface area contributed by atoms with Gasteiger partial charge in [0.15, 0.2) is 0 Å². The Morgan fingerprint density at radius 2 is 2.29 bits per heavy atom. The van der Waals surface area contributed by atoms with Crippen molar-refractivity contribution in [1.29, 1.82) is 0 Å². The highest BCUT2D eigenvalue weighted by Crippen LogP contribution is 2.18. The van der Waals surface area contributed by atoms with Crippen LogP contribution in [0.4, 0.5) is 0 Å². The molecule has 1 atom stereocenters. The lowest BCUT2D eigenvalue weighted by atomic mass is 10.0. The van der Waals surface area contributed by atoms with Crippen LogP contribution in [0.2, 0.25) is 0 Å². The SMILES string of the molecule is CN1CCCCC1CCn1cccc(Br)c1=O. The zero-order chi connectivity index (χ0) is 12.3. The van der Waals surface area contributed by atoms with Crippen LogP contribution < -0.4 is 5.56 Å². The molecule has 2 rings (SSSR count). The van der Waals surface area contributed by atoms with E-state index in [0.717, 1.165) is 13.0 Å². The van der Waals surface area contributed by atoms with E-state index in [1.54, 1.807) is 10.6 Å². The number of pyridine rings is 1. The average Bonchev–Trinajstić information content (AvgIpc) is 2.33. The number of hydrogen-bond acceptors (Lipinski definition) is 2. The Morgan fingerprint density at radius 1 is 1.47 bits per heavy atom. The fourth-order valence-corrected chi connectivity index (χ4v) is 2.86. The van der Waals surface area contributed by atoms with Crippen molar-refractivity contribution in [2.75, 3.05) is 13.6 Å². The van der Waals surface area contributed by atoms with Gasteiger partial charge in [0.05, 0.1) is 4.47 Å². The number of piperidine rings is 1. The van der Waals surface area contributed by atoms with Crippen LogP contribution in [0.25, 0.3) is 0 Å². The lowest BCUT2D eigenvalue weighted by molar-refractivity contribution is 0.170. The second-order valence-electron chi connectivity index (χ2n) is 4.77. The van der Waals surface area contributed by atoms with Gasteiger partial charge in [0, 0.05) is 18.8 Å². The predicted octanol–water partition coefficient (Wildman–Crippen LogP) is 2.49. The third-order valence-electron chi connectivity index (χ3n) is 3.60. The molecule has 1 unspecified atom stereocenters. The maximum Gasteiger partial charge on any atom is 0.264 e. The Bertz CT molecular complexity index is 430. The van der Waals surface area contributed by atoms with E-state index < -0.39 is 0 Å². The van der Waals surface area contributed by atoms with E-state index in [4.69, 9.17) is 0 Å². The molecular formula is C13H19BrN2O. The predicted molar refractivity (Wildman–Crippen MR) is 73.3 cm³/mol. The zero-order valence-electron chi connectivity index (χ0n) is 10.2. The topological polar surface area (TPSA) is 25.2 Å². The van der Waals surface area contributed by atoms with Gasteiger partial charge in [-0.2, -0.15) is 0 Å². The molecule has 2 heterocycles. The second-order valence-corrected chi connectivity index (χ2v) is 5.63. The third kappa shape index (κ3) is 3.19. The van der Waals surface area contributed by atoms with Crippen LogP contribution in [0, 0.1) is 0 Å². The van der Waals surface area contributed by atoms with E-state index in [2.05, 4.69) is 27.9 Å². The molecule has 0 aromatic carbocycles. The van der Waals surface area contributed by atoms with E-state index in [0.29, 0.717) is 10.5 Å². The van der Waals surface area contributed by atoms with Crippen molar-refractivity contribution in [3.8, 4) is 0 Å². The van der Waals surface area contributed by atoms with E-state index in [1.165, 1.54) is 25.8 Å². The van der Waals surface area contributed by atoms with Crippen molar-refractivity contribution in [3.05, 3.63) is 33.2 Å². The van der Waals surface area contributed by atoms with Gasteiger partial charge in [0.1, 0.15) is 0 Å². The first kappa shape index (κ1) is 12.8. The highest BCUT2D eigenvalue weighted by molar-refractivity contribution is 9.10. The first-order chi connectivity index (χ1) is 8.18. The molecule has 0 spiro atoms. The van der Waals surface area contributed by atoms with Crippen LogP contribution in [0.1, 0.15) is 25.7 Å². The number of aryl methyl sites for hydroxylation is 1. The van der Waals surface area contributed by atoms with Crippen LogP contribution in [-0.4, -0.2) is 29.1 Å². The molecule has 4 heteroatoms. The number of nitrogens with zero attached hydrogens (tertiary/aromatic N) is 2. The molecule has 0 amide bonds. The normalized spacial score (nSPS) is 21.6. The van der Waals surface area contributed by atoms with Crippen LogP contribution in [0.15, 0.2) is 27.6 Å². The first-order valence-electron chi connectivity index (χ1n) is 6.23. The minimum Gasteiger partial charge on any atom is -0.315 e. The monoisotopic (exact) mass is 298 g/mol. The van der Waals surface area contributed by atoms with Gasteiger partial charge in [-0.05, 0) is 60.9 Å². The summed E-state index contributed by atoms with van der Waals surface area (Å²) in [5.74, 6) is 0. The van der Waals surface area contributed by atoms with Crippen molar-refractivity contribution in [2.24, 2.45) is 0 Å². The number of halogens is 1. The Balaban J connectivity index is 1.97. The van der Waals surface area contributed by atoms with Gasteiger partial charge in [0.2, 0.25) is 0 Å². The summed E-state index contributed by atoms with van der Waals surface area (Å²) in [4.78, 5) is 14.2. The summed E-state index contributed by atoms with van der Waals surface area (Å²) in [5, 5.41) is 0. The van der Waals surface area contributed by atoms with Crippen molar-refractivity contribution in [1.82, 2.24) is 9.47 Å². The molecule has 1 fully saturated rings. The van der Waals surface area contributed by atoms with Crippen LogP contribution in [0.3, 0.4) is 0 Å². The molecule has 94 valence electrons. The number of likely N-dealkylation sites (tertiary alicyclic amines) is 1. The molecule has 1 aromatic rings. The van der Waals surface area contributed by atoms with E-state index in [1.807, 2.05) is 12.3 Å². The molecule has 1 aliphatic heterocycles. The van der Waals surface area contributed by atoms with Gasteiger partial charge in [-0.25, -0.2) is 0 Å². The highest BCUT2D eigenvalue weighted by Gasteiger charge is 2.18. The summed E-state index contributed by atoms with van der Waals surface area (Å²) in [7, 11) is 2.19. The van der Waals surface area contributed by atoms with Gasteiger partial charge in [-0.3, -0.25) is 4.79 Å². The molecule has 0 N–H and O–H groups in total. The van der Waals surface area contributed by atoms with Crippen LogP contribution in [-0.2, 0) is 6.54 Å². The van der Waals surface area contributed by atoms with E-state index >= 15 is 0 Å². The first-order valence-corrected chi connectivity index (χ1v) is 7.03. The number of aromatic nitrogens is 1. The quantitative estimate of drug-likeness (QED) is 0.857. The fraction of sp³-hybridized carbons (Fsp3) is 0.615. The Hall–Kier alpha value is -0.610. The second kappa shape index (κ2) is 5.83. The molecule has 1 saturated heterocycles. The van der Waals surface area contributed by atoms with E-state index in [-0.39, 0.29) is 5.56 Å². The van der Waals surface area contributed by atoms with Crippen molar-refractivity contribution in [3.63, 3.8) is 0 Å². The zero-order valence-corrected chi connectivity index (χ0v) is 11.8. The highest BCUT2D eigenvalue weighted by atomic mass is 79.9. The van der Waals surface area contributed by atoms with Crippen LogP contribution in [0.5, 0.6) is 0 Å². The standard InChI is InChI=1S/C13H19BrN2O/c1-15-8-3-2-5-11(15)7-10-16-9-4-6-12(14)13(16)17/h4,6,9,11H,2-3,5,7-8,10H2,1H3. The summed E-state index contributed by atoms with van der Waals surface area (Å²) >= 11 is 3.28. The average molecular weight is 299 g/mol. The maximum absolute atomic E-state index is 11.8. The van der Waals surface area contributed by atoms with Crippen LogP contribution >= 0.6 is 15.9 Å². The van der Waals surface area contributed by atoms with Gasteiger partial charge < -0.3 is 9.47 Å². The van der Waals surface area contributed by atoms with Crippen molar-refractivity contribution < 1.29 is 0 Å². The van der Waals surface area contributed by atoms with Gasteiger partial charge in [-0.15, -0.1) is 0 Å². The summed E-state index contributed by atoms with van der Waals surface area (Å²) in [6.07, 6.45) is 6.83. The Kier molecular flexibility index (Phi) is 4.40. The summed E-state index contributed by atoms with van der Waals surface area (Å²) < 4.78 is 2.45. The molecule has 0 bridgehead atoms. The molecule has 3 nitrogen and oxygen atoms in total. The van der Waals surface area contributed by atoms with Crippen molar-refractivity contribution >= 4 is 15.9 Å². The molecule has 0 radical (unpaired) electrons. The molecule has 1 aliphatic rings. The summed E-state index contributed by atoms with van der Waals surface area (Å²) in [5.41, 5.74) is 0.0750. The molecule has 0 aliphatic carbocycles. The summed E-state index contributed by atoms with van der Waals surface area (Å²) in [6.45, 7) is 2.01. The maximum atomic E-state index is 11.8. The Labute approximate surface area is 111 Å². The largest absolute Gasteiger partial charge is 0.315 e. The van der Waals surface area contributed by atoms with Gasteiger partial charge in [-0.1, -0.05) is 6.42 Å². The molecule has 17 heavy (non-hydrogen) atoms. The number of rotatable bonds is 3. The van der Waals surface area contributed by atoms with Crippen molar-refractivity contribution in [2.45, 2.75) is 38.3 Å². The summed E-state index contributed by atoms with van der Waals surface area (Å²) in [6, 6.07) is 4.34. The van der Waals surface area contributed by atoms with Gasteiger partial charge in [0.25, 0.3) is 5.56 Å². The molecule has 0 saturated carbocycles. The third-order valence-corrected chi connectivity index (χ3v) is 4.20. The molecular weight excluding hydrogens is 280 g/mol. The minimum atomic E-state index is 0.0750. The number of hydrogen-bond donors (Lipinski definition) is 0.